The Labute approximate surface area is 417 Å². The Bertz CT molecular complexity index is 1100. The summed E-state index contributed by atoms with van der Waals surface area (Å²) in [6.07, 6.45) is 66.4. The molecule has 3 unspecified atom stereocenters. The van der Waals surface area contributed by atoms with E-state index in [9.17, 15) is 19.8 Å². The van der Waals surface area contributed by atoms with Crippen molar-refractivity contribution >= 4 is 11.9 Å². The van der Waals surface area contributed by atoms with Gasteiger partial charge in [-0.1, -0.05) is 256 Å². The van der Waals surface area contributed by atoms with Crippen LogP contribution in [0.4, 0.5) is 0 Å². The molecule has 67 heavy (non-hydrogen) atoms. The Balaban J connectivity index is 4.56. The summed E-state index contributed by atoms with van der Waals surface area (Å²) in [5.41, 5.74) is 0. The van der Waals surface area contributed by atoms with Crippen LogP contribution in [0.25, 0.3) is 0 Å². The van der Waals surface area contributed by atoms with E-state index in [1.165, 1.54) is 199 Å². The van der Waals surface area contributed by atoms with Crippen LogP contribution in [0.5, 0.6) is 0 Å². The number of hydrogen-bond acceptors (Lipinski definition) is 5. The summed E-state index contributed by atoms with van der Waals surface area (Å²) in [4.78, 5) is 26.3. The summed E-state index contributed by atoms with van der Waals surface area (Å²) in [6, 6.07) is -0.705. The lowest BCUT2D eigenvalue weighted by Crippen LogP contribution is -2.46. The first kappa shape index (κ1) is 65.1. The lowest BCUT2D eigenvalue weighted by atomic mass is 10.0. The first-order valence-corrected chi connectivity index (χ1v) is 29.7. The fraction of sp³-hybridized carbons (Fsp3) is 0.869. The maximum atomic E-state index is 13.3. The quantitative estimate of drug-likeness (QED) is 0.0321. The number of unbranched alkanes of at least 4 members (excludes halogenated alkanes) is 36. The van der Waals surface area contributed by atoms with Crippen LogP contribution in [0.3, 0.4) is 0 Å². The first-order chi connectivity index (χ1) is 33.0. The van der Waals surface area contributed by atoms with Crippen molar-refractivity contribution in [3.63, 3.8) is 0 Å². The van der Waals surface area contributed by atoms with E-state index in [0.717, 1.165) is 70.6 Å². The van der Waals surface area contributed by atoms with E-state index >= 15 is 0 Å². The molecule has 0 radical (unpaired) electrons. The third kappa shape index (κ3) is 50.3. The van der Waals surface area contributed by atoms with E-state index in [1.54, 1.807) is 0 Å². The molecule has 6 heteroatoms. The number of esters is 1. The first-order valence-electron chi connectivity index (χ1n) is 29.7. The minimum absolute atomic E-state index is 0.0719. The lowest BCUT2D eigenvalue weighted by molar-refractivity contribution is -0.151. The highest BCUT2D eigenvalue weighted by Crippen LogP contribution is 2.18. The van der Waals surface area contributed by atoms with Gasteiger partial charge in [-0.25, -0.2) is 0 Å². The Hall–Kier alpha value is -1.92. The zero-order chi connectivity index (χ0) is 48.8. The van der Waals surface area contributed by atoms with Crippen LogP contribution in [0.15, 0.2) is 36.5 Å². The molecular weight excluding hydrogens is 827 g/mol. The normalized spacial score (nSPS) is 13.3. The molecule has 0 aliphatic carbocycles. The molecule has 0 saturated heterocycles. The smallest absolute Gasteiger partial charge is 0.306 e. The van der Waals surface area contributed by atoms with E-state index < -0.39 is 18.2 Å². The van der Waals surface area contributed by atoms with Gasteiger partial charge in [-0.2, -0.15) is 0 Å². The fourth-order valence-corrected chi connectivity index (χ4v) is 9.16. The summed E-state index contributed by atoms with van der Waals surface area (Å²) in [6.45, 7) is 6.49. The van der Waals surface area contributed by atoms with Crippen LogP contribution in [0, 0.1) is 0 Å². The van der Waals surface area contributed by atoms with Gasteiger partial charge in [0.15, 0.2) is 0 Å². The summed E-state index contributed by atoms with van der Waals surface area (Å²) in [5, 5.41) is 23.9. The van der Waals surface area contributed by atoms with Crippen LogP contribution in [0.2, 0.25) is 0 Å². The Kier molecular flexibility index (Phi) is 53.4. The summed E-state index contributed by atoms with van der Waals surface area (Å²) < 4.78 is 5.97. The van der Waals surface area contributed by atoms with Gasteiger partial charge in [-0.15, -0.1) is 0 Å². The molecule has 6 nitrogen and oxygen atoms in total. The molecule has 0 heterocycles. The lowest BCUT2D eigenvalue weighted by Gasteiger charge is -2.24. The van der Waals surface area contributed by atoms with Gasteiger partial charge < -0.3 is 20.3 Å². The predicted molar refractivity (Wildman–Crippen MR) is 292 cm³/mol. The fourth-order valence-electron chi connectivity index (χ4n) is 9.16. The van der Waals surface area contributed by atoms with E-state index in [2.05, 4.69) is 62.5 Å². The zero-order valence-electron chi connectivity index (χ0n) is 45.0. The van der Waals surface area contributed by atoms with E-state index in [0.29, 0.717) is 19.3 Å². The third-order valence-electron chi connectivity index (χ3n) is 13.7. The van der Waals surface area contributed by atoms with Crippen molar-refractivity contribution in [2.75, 3.05) is 6.61 Å². The highest BCUT2D eigenvalue weighted by atomic mass is 16.5. The molecule has 0 spiro atoms. The number of carbonyl (C=O) groups excluding carboxylic acids is 2. The zero-order valence-corrected chi connectivity index (χ0v) is 45.0. The van der Waals surface area contributed by atoms with Crippen molar-refractivity contribution in [2.45, 2.75) is 334 Å². The molecule has 0 aliphatic heterocycles. The number of ether oxygens (including phenoxy) is 1. The minimum Gasteiger partial charge on any atom is -0.462 e. The van der Waals surface area contributed by atoms with E-state index in [-0.39, 0.29) is 24.9 Å². The van der Waals surface area contributed by atoms with Crippen molar-refractivity contribution in [3.05, 3.63) is 36.5 Å². The second kappa shape index (κ2) is 55.0. The highest BCUT2D eigenvalue weighted by Gasteiger charge is 2.24. The highest BCUT2D eigenvalue weighted by molar-refractivity contribution is 5.77. The van der Waals surface area contributed by atoms with E-state index in [1.807, 2.05) is 0 Å². The summed E-state index contributed by atoms with van der Waals surface area (Å²) in [5.74, 6) is -0.476. The maximum Gasteiger partial charge on any atom is 0.306 e. The van der Waals surface area contributed by atoms with Crippen LogP contribution in [-0.4, -0.2) is 46.9 Å². The number of nitrogens with one attached hydrogen (secondary N) is 1. The van der Waals surface area contributed by atoms with Crippen LogP contribution in [-0.2, 0) is 14.3 Å². The molecule has 394 valence electrons. The van der Waals surface area contributed by atoms with Crippen molar-refractivity contribution in [2.24, 2.45) is 0 Å². The van der Waals surface area contributed by atoms with Gasteiger partial charge in [0.2, 0.25) is 5.91 Å². The molecule has 0 saturated carbocycles. The van der Waals surface area contributed by atoms with Gasteiger partial charge in [0.25, 0.3) is 0 Å². The molecule has 0 aliphatic rings. The molecule has 0 aromatic rings. The number of aliphatic hydroxyl groups excluding tert-OH is 2. The molecule has 3 atom stereocenters. The van der Waals surface area contributed by atoms with Crippen molar-refractivity contribution in [1.82, 2.24) is 5.32 Å². The number of aliphatic hydroxyl groups is 2. The second-order valence-electron chi connectivity index (χ2n) is 20.4. The molecule has 0 rings (SSSR count). The van der Waals surface area contributed by atoms with Gasteiger partial charge in [-0.05, 0) is 83.5 Å². The molecule has 0 bridgehead atoms. The number of rotatable bonds is 54. The van der Waals surface area contributed by atoms with Gasteiger partial charge >= 0.3 is 5.97 Å². The number of hydrogen-bond donors (Lipinski definition) is 3. The largest absolute Gasteiger partial charge is 0.462 e. The molecule has 0 fully saturated rings. The monoisotopic (exact) mass is 942 g/mol. The van der Waals surface area contributed by atoms with Gasteiger partial charge in [0.1, 0.15) is 6.10 Å². The van der Waals surface area contributed by atoms with Crippen LogP contribution >= 0.6 is 0 Å². The van der Waals surface area contributed by atoms with Gasteiger partial charge in [0.05, 0.1) is 25.2 Å². The van der Waals surface area contributed by atoms with Gasteiger partial charge in [0, 0.05) is 6.42 Å². The Morgan fingerprint density at radius 2 is 0.761 bits per heavy atom. The topological polar surface area (TPSA) is 95.9 Å². The SMILES string of the molecule is CCCCC/C=C\C/C=C\CCCCCCCCCC(CC(=O)NC(CO)C(O)CCCCCCCCCCCCCCC)OC(=O)CCCCCCC/C=C/CCCCCCCCCCC. The molecule has 3 N–H and O–H groups in total. The standard InChI is InChI=1S/C61H115NO5/c1-4-7-10-13-16-19-22-25-27-29-31-33-36-39-42-45-48-51-54-61(66)67-57(52-49-46-43-40-37-35-32-30-28-26-23-20-17-14-11-8-5-2)55-60(65)62-58(56-63)59(64)53-50-47-44-41-38-34-24-21-18-15-12-9-6-3/h17,20,26,28,31,33,57-59,63-64H,4-16,18-19,21-25,27,29-30,32,34-56H2,1-3H3,(H,62,65)/b20-17-,28-26-,33-31+. The average Bonchev–Trinajstić information content (AvgIpc) is 3.32. The number of carbonyl (C=O) groups is 2. The minimum atomic E-state index is -0.790. The second-order valence-corrected chi connectivity index (χ2v) is 20.4. The average molecular weight is 943 g/mol. The summed E-state index contributed by atoms with van der Waals surface area (Å²) in [7, 11) is 0. The molecule has 0 aromatic heterocycles. The van der Waals surface area contributed by atoms with Crippen molar-refractivity contribution in [1.29, 1.82) is 0 Å². The molecule has 0 aromatic carbocycles. The Morgan fingerprint density at radius 1 is 0.433 bits per heavy atom. The van der Waals surface area contributed by atoms with Crippen LogP contribution in [0.1, 0.15) is 316 Å². The molecule has 1 amide bonds. The van der Waals surface area contributed by atoms with E-state index in [4.69, 9.17) is 4.74 Å². The third-order valence-corrected chi connectivity index (χ3v) is 13.7. The van der Waals surface area contributed by atoms with Crippen molar-refractivity contribution < 1.29 is 24.5 Å². The predicted octanol–water partition coefficient (Wildman–Crippen LogP) is 18.4. The van der Waals surface area contributed by atoms with Crippen molar-refractivity contribution in [3.8, 4) is 0 Å². The van der Waals surface area contributed by atoms with Crippen LogP contribution < -0.4 is 5.32 Å². The molecular formula is C61H115NO5. The maximum absolute atomic E-state index is 13.3. The Morgan fingerprint density at radius 3 is 1.18 bits per heavy atom. The number of allylic oxidation sites excluding steroid dienone is 6. The van der Waals surface area contributed by atoms with Gasteiger partial charge in [-0.3, -0.25) is 9.59 Å². The number of amides is 1. The summed E-state index contributed by atoms with van der Waals surface area (Å²) >= 11 is 0.